The van der Waals surface area contributed by atoms with Crippen LogP contribution < -0.4 is 9.46 Å². The first kappa shape index (κ1) is 18.6. The average Bonchev–Trinajstić information content (AvgIpc) is 2.58. The number of phenols is 1. The SMILES string of the molecule is CCOC(=O)Cc1ccc(O)c(NS(=O)(=O)c2ccc(OC)cc2)c1. The number of rotatable bonds is 7. The second-order valence-electron chi connectivity index (χ2n) is 5.11. The lowest BCUT2D eigenvalue weighted by atomic mass is 10.1. The van der Waals surface area contributed by atoms with Gasteiger partial charge in [-0.25, -0.2) is 8.42 Å². The second kappa shape index (κ2) is 7.89. The van der Waals surface area contributed by atoms with E-state index >= 15 is 0 Å². The van der Waals surface area contributed by atoms with Crippen LogP contribution in [0.5, 0.6) is 11.5 Å². The molecule has 0 fully saturated rings. The summed E-state index contributed by atoms with van der Waals surface area (Å²) in [4.78, 5) is 11.6. The molecule has 0 radical (unpaired) electrons. The van der Waals surface area contributed by atoms with Crippen molar-refractivity contribution in [2.24, 2.45) is 0 Å². The van der Waals surface area contributed by atoms with Gasteiger partial charge in [-0.2, -0.15) is 0 Å². The second-order valence-corrected chi connectivity index (χ2v) is 6.80. The maximum atomic E-state index is 12.4. The van der Waals surface area contributed by atoms with Crippen molar-refractivity contribution in [3.8, 4) is 11.5 Å². The molecule has 2 aromatic carbocycles. The van der Waals surface area contributed by atoms with Crippen molar-refractivity contribution in [1.82, 2.24) is 0 Å². The number of benzene rings is 2. The zero-order valence-electron chi connectivity index (χ0n) is 13.9. The van der Waals surface area contributed by atoms with Crippen LogP contribution in [-0.4, -0.2) is 33.2 Å². The summed E-state index contributed by atoms with van der Waals surface area (Å²) in [6.07, 6.45) is -0.0224. The Hall–Kier alpha value is -2.74. The van der Waals surface area contributed by atoms with Crippen LogP contribution >= 0.6 is 0 Å². The van der Waals surface area contributed by atoms with E-state index in [0.29, 0.717) is 11.3 Å². The number of hydrogen-bond acceptors (Lipinski definition) is 6. The molecule has 0 spiro atoms. The molecule has 0 saturated carbocycles. The third-order valence-corrected chi connectivity index (χ3v) is 4.71. The monoisotopic (exact) mass is 365 g/mol. The largest absolute Gasteiger partial charge is 0.506 e. The van der Waals surface area contributed by atoms with E-state index in [0.717, 1.165) is 0 Å². The number of aromatic hydroxyl groups is 1. The molecule has 0 atom stereocenters. The van der Waals surface area contributed by atoms with Gasteiger partial charge < -0.3 is 14.6 Å². The molecule has 134 valence electrons. The number of nitrogens with one attached hydrogen (secondary N) is 1. The van der Waals surface area contributed by atoms with E-state index in [1.807, 2.05) is 0 Å². The van der Waals surface area contributed by atoms with Crippen LogP contribution in [0.4, 0.5) is 5.69 Å². The molecule has 0 aromatic heterocycles. The summed E-state index contributed by atoms with van der Waals surface area (Å²) in [5.74, 6) is -0.153. The molecule has 2 rings (SSSR count). The Morgan fingerprint density at radius 2 is 1.84 bits per heavy atom. The predicted molar refractivity (Wildman–Crippen MR) is 92.2 cm³/mol. The molecule has 0 aliphatic carbocycles. The van der Waals surface area contributed by atoms with Crippen molar-refractivity contribution >= 4 is 21.7 Å². The lowest BCUT2D eigenvalue weighted by molar-refractivity contribution is -0.142. The Balaban J connectivity index is 2.23. The fourth-order valence-electron chi connectivity index (χ4n) is 2.11. The van der Waals surface area contributed by atoms with E-state index in [2.05, 4.69) is 4.72 Å². The molecular weight excluding hydrogens is 346 g/mol. The van der Waals surface area contributed by atoms with Gasteiger partial charge in [0, 0.05) is 0 Å². The zero-order chi connectivity index (χ0) is 18.4. The van der Waals surface area contributed by atoms with Gasteiger partial charge in [-0.05, 0) is 48.9 Å². The fourth-order valence-corrected chi connectivity index (χ4v) is 3.18. The predicted octanol–water partition coefficient (Wildman–Crippen LogP) is 2.31. The van der Waals surface area contributed by atoms with Gasteiger partial charge in [-0.1, -0.05) is 6.07 Å². The number of sulfonamides is 1. The van der Waals surface area contributed by atoms with Crippen molar-refractivity contribution in [1.29, 1.82) is 0 Å². The smallest absolute Gasteiger partial charge is 0.310 e. The van der Waals surface area contributed by atoms with E-state index in [1.54, 1.807) is 6.92 Å². The molecule has 0 heterocycles. The van der Waals surface area contributed by atoms with Crippen molar-refractivity contribution in [3.63, 3.8) is 0 Å². The summed E-state index contributed by atoms with van der Waals surface area (Å²) in [6, 6.07) is 10.1. The fraction of sp³-hybridized carbons (Fsp3) is 0.235. The number of carbonyl (C=O) groups excluding carboxylic acids is 1. The zero-order valence-corrected chi connectivity index (χ0v) is 14.7. The number of methoxy groups -OCH3 is 1. The minimum absolute atomic E-state index is 0.0161. The Morgan fingerprint density at radius 1 is 1.16 bits per heavy atom. The Kier molecular flexibility index (Phi) is 5.87. The van der Waals surface area contributed by atoms with E-state index in [9.17, 15) is 18.3 Å². The highest BCUT2D eigenvalue weighted by Crippen LogP contribution is 2.27. The minimum atomic E-state index is -3.90. The van der Waals surface area contributed by atoms with Crippen LogP contribution in [0, 0.1) is 0 Å². The van der Waals surface area contributed by atoms with Crippen molar-refractivity contribution in [2.75, 3.05) is 18.4 Å². The molecular formula is C17H19NO6S. The van der Waals surface area contributed by atoms with Gasteiger partial charge in [-0.15, -0.1) is 0 Å². The summed E-state index contributed by atoms with van der Waals surface area (Å²) in [6.45, 7) is 1.96. The molecule has 0 bridgehead atoms. The maximum Gasteiger partial charge on any atom is 0.310 e. The highest BCUT2D eigenvalue weighted by atomic mass is 32.2. The van der Waals surface area contributed by atoms with Crippen molar-refractivity contribution < 1.29 is 27.8 Å². The quantitative estimate of drug-likeness (QED) is 0.577. The van der Waals surface area contributed by atoms with Gasteiger partial charge in [0.2, 0.25) is 0 Å². The lowest BCUT2D eigenvalue weighted by Gasteiger charge is -2.11. The van der Waals surface area contributed by atoms with Gasteiger partial charge in [-0.3, -0.25) is 9.52 Å². The molecule has 2 N–H and O–H groups in total. The topological polar surface area (TPSA) is 102 Å². The first-order chi connectivity index (χ1) is 11.9. The van der Waals surface area contributed by atoms with E-state index in [1.165, 1.54) is 49.6 Å². The number of ether oxygens (including phenoxy) is 2. The van der Waals surface area contributed by atoms with Crippen molar-refractivity contribution in [2.45, 2.75) is 18.2 Å². The molecule has 7 nitrogen and oxygen atoms in total. The normalized spacial score (nSPS) is 11.0. The van der Waals surface area contributed by atoms with E-state index in [-0.39, 0.29) is 29.4 Å². The van der Waals surface area contributed by atoms with Crippen LogP contribution in [0.2, 0.25) is 0 Å². The van der Waals surface area contributed by atoms with Crippen LogP contribution in [0.25, 0.3) is 0 Å². The molecule has 25 heavy (non-hydrogen) atoms. The van der Waals surface area contributed by atoms with Crippen LogP contribution in [0.15, 0.2) is 47.4 Å². The van der Waals surface area contributed by atoms with Crippen LogP contribution in [-0.2, 0) is 26.0 Å². The van der Waals surface area contributed by atoms with Gasteiger partial charge >= 0.3 is 5.97 Å². The van der Waals surface area contributed by atoms with Crippen molar-refractivity contribution in [3.05, 3.63) is 48.0 Å². The summed E-state index contributed by atoms with van der Waals surface area (Å²) in [7, 11) is -2.42. The van der Waals surface area contributed by atoms with Gasteiger partial charge in [0.05, 0.1) is 30.7 Å². The Labute approximate surface area is 146 Å². The van der Waals surface area contributed by atoms with Gasteiger partial charge in [0.1, 0.15) is 11.5 Å². The number of phenolic OH excluding ortho intramolecular Hbond substituents is 1. The number of esters is 1. The van der Waals surface area contributed by atoms with E-state index in [4.69, 9.17) is 9.47 Å². The number of hydrogen-bond donors (Lipinski definition) is 2. The van der Waals surface area contributed by atoms with Crippen LogP contribution in [0.3, 0.4) is 0 Å². The van der Waals surface area contributed by atoms with Crippen LogP contribution in [0.1, 0.15) is 12.5 Å². The third-order valence-electron chi connectivity index (χ3n) is 3.33. The average molecular weight is 365 g/mol. The molecule has 2 aromatic rings. The summed E-state index contributed by atoms with van der Waals surface area (Å²) in [5.41, 5.74) is 0.501. The maximum absolute atomic E-state index is 12.4. The van der Waals surface area contributed by atoms with E-state index < -0.39 is 16.0 Å². The van der Waals surface area contributed by atoms with Gasteiger partial charge in [0.25, 0.3) is 10.0 Å². The number of anilines is 1. The lowest BCUT2D eigenvalue weighted by Crippen LogP contribution is -2.13. The minimum Gasteiger partial charge on any atom is -0.506 e. The molecule has 8 heteroatoms. The first-order valence-corrected chi connectivity index (χ1v) is 8.98. The first-order valence-electron chi connectivity index (χ1n) is 7.50. The highest BCUT2D eigenvalue weighted by Gasteiger charge is 2.17. The summed E-state index contributed by atoms with van der Waals surface area (Å²) < 4.78 is 37.0. The number of carbonyl (C=O) groups is 1. The molecule has 0 saturated heterocycles. The molecule has 0 amide bonds. The molecule has 0 aliphatic rings. The summed E-state index contributed by atoms with van der Waals surface area (Å²) in [5, 5.41) is 9.90. The standard InChI is InChI=1S/C17H19NO6S/c1-3-24-17(20)11-12-4-9-16(19)15(10-12)18-25(21,22)14-7-5-13(23-2)6-8-14/h4-10,18-19H,3,11H2,1-2H3. The Morgan fingerprint density at radius 3 is 2.44 bits per heavy atom. The molecule has 0 unspecified atom stereocenters. The van der Waals surface area contributed by atoms with Gasteiger partial charge in [0.15, 0.2) is 0 Å². The Bertz CT molecular complexity index is 846. The summed E-state index contributed by atoms with van der Waals surface area (Å²) >= 11 is 0. The third kappa shape index (κ3) is 4.87. The molecule has 0 aliphatic heterocycles. The highest BCUT2D eigenvalue weighted by molar-refractivity contribution is 7.92.